The standard InChI is InChI=1S/C12H21NO4/c1-8(2)17-7-5-11(14)13-6-4-10(9(13)3)12(15)16/h8-10H,4-7H2,1-3H3,(H,15,16). The van der Waals surface area contributed by atoms with Gasteiger partial charge in [-0.1, -0.05) is 0 Å². The highest BCUT2D eigenvalue weighted by Crippen LogP contribution is 2.24. The second kappa shape index (κ2) is 6.00. The second-order valence-corrected chi connectivity index (χ2v) is 4.73. The smallest absolute Gasteiger partial charge is 0.308 e. The molecule has 1 saturated heterocycles. The molecule has 0 aliphatic carbocycles. The first-order valence-electron chi connectivity index (χ1n) is 6.07. The van der Waals surface area contributed by atoms with Crippen LogP contribution in [0.1, 0.15) is 33.6 Å². The van der Waals surface area contributed by atoms with Gasteiger partial charge in [0, 0.05) is 12.6 Å². The van der Waals surface area contributed by atoms with Crippen LogP contribution in [0.2, 0.25) is 0 Å². The van der Waals surface area contributed by atoms with Crippen molar-refractivity contribution in [3.8, 4) is 0 Å². The lowest BCUT2D eigenvalue weighted by atomic mass is 10.0. The Bertz CT molecular complexity index is 290. The molecule has 1 fully saturated rings. The van der Waals surface area contributed by atoms with Crippen LogP contribution in [0.15, 0.2) is 0 Å². The summed E-state index contributed by atoms with van der Waals surface area (Å²) in [6, 6.07) is -0.209. The predicted molar refractivity (Wildman–Crippen MR) is 62.6 cm³/mol. The second-order valence-electron chi connectivity index (χ2n) is 4.73. The Hall–Kier alpha value is -1.10. The van der Waals surface area contributed by atoms with Gasteiger partial charge in [-0.3, -0.25) is 9.59 Å². The van der Waals surface area contributed by atoms with Gasteiger partial charge in [0.1, 0.15) is 0 Å². The number of aliphatic carboxylic acids is 1. The maximum atomic E-state index is 11.9. The lowest BCUT2D eigenvalue weighted by molar-refractivity contribution is -0.143. The molecule has 17 heavy (non-hydrogen) atoms. The van der Waals surface area contributed by atoms with Crippen LogP contribution in [0.25, 0.3) is 0 Å². The van der Waals surface area contributed by atoms with Gasteiger partial charge in [0.2, 0.25) is 5.91 Å². The number of nitrogens with zero attached hydrogens (tertiary/aromatic N) is 1. The number of carboxylic acid groups (broad SMARTS) is 1. The Kier molecular flexibility index (Phi) is 4.93. The van der Waals surface area contributed by atoms with E-state index in [1.807, 2.05) is 13.8 Å². The number of carbonyl (C=O) groups is 2. The summed E-state index contributed by atoms with van der Waals surface area (Å²) in [6.45, 7) is 6.58. The molecule has 0 aromatic heterocycles. The third-order valence-electron chi connectivity index (χ3n) is 3.16. The molecule has 1 rings (SSSR count). The summed E-state index contributed by atoms with van der Waals surface area (Å²) in [7, 11) is 0. The fourth-order valence-corrected chi connectivity index (χ4v) is 2.15. The molecule has 0 spiro atoms. The summed E-state index contributed by atoms with van der Waals surface area (Å²) in [5, 5.41) is 8.97. The number of carboxylic acids is 1. The van der Waals surface area contributed by atoms with Crippen LogP contribution < -0.4 is 0 Å². The fraction of sp³-hybridized carbons (Fsp3) is 0.833. The largest absolute Gasteiger partial charge is 0.481 e. The number of carbonyl (C=O) groups excluding carboxylic acids is 1. The first-order valence-corrected chi connectivity index (χ1v) is 6.07. The van der Waals surface area contributed by atoms with Gasteiger partial charge in [-0.2, -0.15) is 0 Å². The molecule has 2 unspecified atom stereocenters. The van der Waals surface area contributed by atoms with Gasteiger partial charge in [-0.25, -0.2) is 0 Å². The summed E-state index contributed by atoms with van der Waals surface area (Å²) in [5.74, 6) is -1.25. The maximum Gasteiger partial charge on any atom is 0.308 e. The Morgan fingerprint density at radius 1 is 1.47 bits per heavy atom. The molecule has 0 aromatic rings. The van der Waals surface area contributed by atoms with Crippen LogP contribution in [0.4, 0.5) is 0 Å². The first-order chi connectivity index (χ1) is 7.93. The SMILES string of the molecule is CC(C)OCCC(=O)N1CCC(C(=O)O)C1C. The van der Waals surface area contributed by atoms with E-state index >= 15 is 0 Å². The van der Waals surface area contributed by atoms with Gasteiger partial charge in [0.25, 0.3) is 0 Å². The molecule has 1 N–H and O–H groups in total. The van der Waals surface area contributed by atoms with E-state index in [2.05, 4.69) is 0 Å². The van der Waals surface area contributed by atoms with Crippen LogP contribution in [-0.2, 0) is 14.3 Å². The van der Waals surface area contributed by atoms with Crippen molar-refractivity contribution in [1.29, 1.82) is 0 Å². The first kappa shape index (κ1) is 14.0. The molecule has 0 aromatic carbocycles. The van der Waals surface area contributed by atoms with Gasteiger partial charge >= 0.3 is 5.97 Å². The lowest BCUT2D eigenvalue weighted by Crippen LogP contribution is -2.38. The summed E-state index contributed by atoms with van der Waals surface area (Å²) in [5.41, 5.74) is 0. The number of amides is 1. The molecule has 1 heterocycles. The number of hydrogen-bond donors (Lipinski definition) is 1. The van der Waals surface area contributed by atoms with E-state index in [9.17, 15) is 9.59 Å². The Balaban J connectivity index is 2.41. The van der Waals surface area contributed by atoms with Crippen LogP contribution in [0, 0.1) is 5.92 Å². The van der Waals surface area contributed by atoms with E-state index in [1.54, 1.807) is 11.8 Å². The van der Waals surface area contributed by atoms with Crippen molar-refractivity contribution < 1.29 is 19.4 Å². The van der Waals surface area contributed by atoms with Gasteiger partial charge in [-0.15, -0.1) is 0 Å². The van der Waals surface area contributed by atoms with E-state index in [4.69, 9.17) is 9.84 Å². The van der Waals surface area contributed by atoms with Crippen molar-refractivity contribution in [3.05, 3.63) is 0 Å². The highest BCUT2D eigenvalue weighted by molar-refractivity contribution is 5.79. The molecule has 98 valence electrons. The highest BCUT2D eigenvalue weighted by Gasteiger charge is 2.37. The van der Waals surface area contributed by atoms with Crippen LogP contribution in [0.3, 0.4) is 0 Å². The molecule has 0 radical (unpaired) electrons. The summed E-state index contributed by atoms with van der Waals surface area (Å²) in [4.78, 5) is 24.4. The van der Waals surface area contributed by atoms with E-state index in [-0.39, 0.29) is 18.1 Å². The van der Waals surface area contributed by atoms with Crippen molar-refractivity contribution in [2.45, 2.75) is 45.8 Å². The molecule has 0 saturated carbocycles. The predicted octanol–water partition coefficient (Wildman–Crippen LogP) is 1.12. The molecule has 1 aliphatic rings. The average Bonchev–Trinajstić information content (AvgIpc) is 2.59. The topological polar surface area (TPSA) is 66.8 Å². The summed E-state index contributed by atoms with van der Waals surface area (Å²) >= 11 is 0. The maximum absolute atomic E-state index is 11.9. The zero-order valence-electron chi connectivity index (χ0n) is 10.7. The quantitative estimate of drug-likeness (QED) is 0.785. The van der Waals surface area contributed by atoms with Crippen molar-refractivity contribution in [1.82, 2.24) is 4.90 Å². The van der Waals surface area contributed by atoms with E-state index < -0.39 is 11.9 Å². The van der Waals surface area contributed by atoms with Crippen molar-refractivity contribution in [2.75, 3.05) is 13.2 Å². The monoisotopic (exact) mass is 243 g/mol. The van der Waals surface area contributed by atoms with Crippen molar-refractivity contribution in [2.24, 2.45) is 5.92 Å². The van der Waals surface area contributed by atoms with Gasteiger partial charge < -0.3 is 14.7 Å². The third-order valence-corrected chi connectivity index (χ3v) is 3.16. The minimum absolute atomic E-state index is 0.0121. The zero-order valence-corrected chi connectivity index (χ0v) is 10.7. The van der Waals surface area contributed by atoms with Crippen molar-refractivity contribution in [3.63, 3.8) is 0 Å². The van der Waals surface area contributed by atoms with Gasteiger partial charge in [0.05, 0.1) is 25.0 Å². The van der Waals surface area contributed by atoms with E-state index in [0.29, 0.717) is 26.0 Å². The minimum Gasteiger partial charge on any atom is -0.481 e. The zero-order chi connectivity index (χ0) is 13.0. The number of hydrogen-bond acceptors (Lipinski definition) is 3. The van der Waals surface area contributed by atoms with Crippen molar-refractivity contribution >= 4 is 11.9 Å². The minimum atomic E-state index is -0.814. The average molecular weight is 243 g/mol. The van der Waals surface area contributed by atoms with Crippen LogP contribution in [-0.4, -0.2) is 47.2 Å². The highest BCUT2D eigenvalue weighted by atomic mass is 16.5. The molecular weight excluding hydrogens is 222 g/mol. The molecule has 2 atom stereocenters. The summed E-state index contributed by atoms with van der Waals surface area (Å²) in [6.07, 6.45) is 0.993. The molecule has 1 aliphatic heterocycles. The van der Waals surface area contributed by atoms with E-state index in [0.717, 1.165) is 0 Å². The molecule has 0 bridgehead atoms. The third kappa shape index (κ3) is 3.70. The molecule has 5 heteroatoms. The number of ether oxygens (including phenoxy) is 1. The normalized spacial score (nSPS) is 24.4. The Morgan fingerprint density at radius 3 is 2.59 bits per heavy atom. The lowest BCUT2D eigenvalue weighted by Gasteiger charge is -2.23. The molecule has 5 nitrogen and oxygen atoms in total. The van der Waals surface area contributed by atoms with Gasteiger partial charge in [0.15, 0.2) is 0 Å². The van der Waals surface area contributed by atoms with E-state index in [1.165, 1.54) is 0 Å². The fourth-order valence-electron chi connectivity index (χ4n) is 2.15. The van der Waals surface area contributed by atoms with Gasteiger partial charge in [-0.05, 0) is 27.2 Å². The van der Waals surface area contributed by atoms with Crippen LogP contribution >= 0.6 is 0 Å². The number of likely N-dealkylation sites (tertiary alicyclic amines) is 1. The Labute approximate surface area is 102 Å². The molecular formula is C12H21NO4. The Morgan fingerprint density at radius 2 is 2.12 bits per heavy atom. The summed E-state index contributed by atoms with van der Waals surface area (Å²) < 4.78 is 5.32. The van der Waals surface area contributed by atoms with Crippen LogP contribution in [0.5, 0.6) is 0 Å². The number of rotatable bonds is 5. The molecule has 1 amide bonds.